The van der Waals surface area contributed by atoms with E-state index in [-0.39, 0.29) is 0 Å². The summed E-state index contributed by atoms with van der Waals surface area (Å²) in [4.78, 5) is 11.2. The zero-order valence-electron chi connectivity index (χ0n) is 11.2. The Balaban J connectivity index is 4.07. The first kappa shape index (κ1) is 15.4. The van der Waals surface area contributed by atoms with Crippen LogP contribution in [0.5, 0.6) is 0 Å². The molecule has 0 aromatic heterocycles. The Hall–Kier alpha value is -0.570. The summed E-state index contributed by atoms with van der Waals surface area (Å²) >= 11 is 0. The molecular formula is C13H27NO2. The molecule has 0 aliphatic carbocycles. The van der Waals surface area contributed by atoms with Crippen LogP contribution in [0.15, 0.2) is 0 Å². The highest BCUT2D eigenvalue weighted by atomic mass is 16.4. The highest BCUT2D eigenvalue weighted by Gasteiger charge is 2.31. The summed E-state index contributed by atoms with van der Waals surface area (Å²) in [5.41, 5.74) is -0.752. The van der Waals surface area contributed by atoms with E-state index in [0.717, 1.165) is 32.2 Å². The Labute approximate surface area is 99.6 Å². The largest absolute Gasteiger partial charge is 0.480 e. The minimum Gasteiger partial charge on any atom is -0.480 e. The molecule has 1 unspecified atom stereocenters. The van der Waals surface area contributed by atoms with Crippen LogP contribution in [0, 0.1) is 5.92 Å². The van der Waals surface area contributed by atoms with Crippen molar-refractivity contribution >= 4 is 5.97 Å². The molecule has 3 heteroatoms. The highest BCUT2D eigenvalue weighted by Crippen LogP contribution is 2.17. The zero-order chi connectivity index (χ0) is 12.6. The van der Waals surface area contributed by atoms with Crippen molar-refractivity contribution in [3.8, 4) is 0 Å². The molecule has 0 bridgehead atoms. The highest BCUT2D eigenvalue weighted by molar-refractivity contribution is 5.78. The molecule has 0 aromatic rings. The summed E-state index contributed by atoms with van der Waals surface area (Å²) in [7, 11) is 0. The Kier molecular flexibility index (Phi) is 7.39. The first-order valence-corrected chi connectivity index (χ1v) is 6.40. The van der Waals surface area contributed by atoms with E-state index in [2.05, 4.69) is 26.1 Å². The third kappa shape index (κ3) is 6.11. The monoisotopic (exact) mass is 229 g/mol. The Bertz CT molecular complexity index is 204. The number of aliphatic carboxylic acids is 1. The van der Waals surface area contributed by atoms with E-state index >= 15 is 0 Å². The summed E-state index contributed by atoms with van der Waals surface area (Å²) in [6, 6.07) is 0. The summed E-state index contributed by atoms with van der Waals surface area (Å²) in [5, 5.41) is 12.4. The Morgan fingerprint density at radius 1 is 1.38 bits per heavy atom. The fourth-order valence-corrected chi connectivity index (χ4v) is 1.59. The fraction of sp³-hybridized carbons (Fsp3) is 0.923. The van der Waals surface area contributed by atoms with E-state index in [9.17, 15) is 9.90 Å². The summed E-state index contributed by atoms with van der Waals surface area (Å²) in [5.74, 6) is -0.180. The number of carboxylic acid groups (broad SMARTS) is 1. The van der Waals surface area contributed by atoms with E-state index < -0.39 is 11.5 Å². The van der Waals surface area contributed by atoms with Crippen LogP contribution in [-0.4, -0.2) is 23.2 Å². The van der Waals surface area contributed by atoms with Crippen molar-refractivity contribution in [2.45, 2.75) is 65.3 Å². The number of hydrogen-bond donors (Lipinski definition) is 2. The van der Waals surface area contributed by atoms with Crippen LogP contribution in [0.25, 0.3) is 0 Å². The van der Waals surface area contributed by atoms with Gasteiger partial charge in [-0.05, 0) is 38.6 Å². The smallest absolute Gasteiger partial charge is 0.323 e. The average molecular weight is 229 g/mol. The van der Waals surface area contributed by atoms with Crippen molar-refractivity contribution in [2.24, 2.45) is 5.92 Å². The minimum absolute atomic E-state index is 0.552. The first-order chi connectivity index (χ1) is 7.42. The fourth-order valence-electron chi connectivity index (χ4n) is 1.59. The molecule has 1 atom stereocenters. The second-order valence-corrected chi connectivity index (χ2v) is 5.20. The molecule has 16 heavy (non-hydrogen) atoms. The topological polar surface area (TPSA) is 49.3 Å². The van der Waals surface area contributed by atoms with Gasteiger partial charge in [0.2, 0.25) is 0 Å². The number of hydrogen-bond acceptors (Lipinski definition) is 2. The van der Waals surface area contributed by atoms with Crippen molar-refractivity contribution in [2.75, 3.05) is 6.54 Å². The minimum atomic E-state index is -0.752. The van der Waals surface area contributed by atoms with Gasteiger partial charge in [0.15, 0.2) is 0 Å². The van der Waals surface area contributed by atoms with Crippen molar-refractivity contribution in [3.63, 3.8) is 0 Å². The molecule has 0 aliphatic rings. The van der Waals surface area contributed by atoms with Gasteiger partial charge in [0.05, 0.1) is 0 Å². The number of unbranched alkanes of at least 4 members (excludes halogenated alkanes) is 2. The molecule has 0 aliphatic heterocycles. The van der Waals surface area contributed by atoms with Crippen molar-refractivity contribution in [1.82, 2.24) is 5.32 Å². The van der Waals surface area contributed by atoms with Gasteiger partial charge in [-0.15, -0.1) is 0 Å². The lowest BCUT2D eigenvalue weighted by Gasteiger charge is -2.27. The predicted octanol–water partition coefficient (Wildman–Crippen LogP) is 3.05. The van der Waals surface area contributed by atoms with Gasteiger partial charge in [0.25, 0.3) is 0 Å². The van der Waals surface area contributed by atoms with Gasteiger partial charge in [-0.3, -0.25) is 4.79 Å². The SMILES string of the molecule is CCCCCNC(C)(CCC(C)C)C(=O)O. The van der Waals surface area contributed by atoms with Crippen LogP contribution in [0.3, 0.4) is 0 Å². The predicted molar refractivity (Wildman–Crippen MR) is 67.6 cm³/mol. The molecule has 0 saturated carbocycles. The molecule has 0 heterocycles. The number of carbonyl (C=O) groups is 1. The Morgan fingerprint density at radius 2 is 2.00 bits per heavy atom. The lowest BCUT2D eigenvalue weighted by atomic mass is 9.92. The van der Waals surface area contributed by atoms with Crippen molar-refractivity contribution < 1.29 is 9.90 Å². The van der Waals surface area contributed by atoms with Crippen LogP contribution in [0.2, 0.25) is 0 Å². The van der Waals surface area contributed by atoms with E-state index in [0.29, 0.717) is 12.3 Å². The van der Waals surface area contributed by atoms with Gasteiger partial charge in [-0.2, -0.15) is 0 Å². The molecule has 96 valence electrons. The summed E-state index contributed by atoms with van der Waals surface area (Å²) < 4.78 is 0. The van der Waals surface area contributed by atoms with Gasteiger partial charge in [-0.25, -0.2) is 0 Å². The average Bonchev–Trinajstić information content (AvgIpc) is 2.21. The molecule has 0 spiro atoms. The second kappa shape index (κ2) is 7.66. The van der Waals surface area contributed by atoms with E-state index in [1.807, 2.05) is 0 Å². The maximum atomic E-state index is 11.2. The molecular weight excluding hydrogens is 202 g/mol. The lowest BCUT2D eigenvalue weighted by Crippen LogP contribution is -2.50. The normalized spacial score (nSPS) is 15.1. The maximum absolute atomic E-state index is 11.2. The number of carboxylic acids is 1. The zero-order valence-corrected chi connectivity index (χ0v) is 11.2. The second-order valence-electron chi connectivity index (χ2n) is 5.20. The molecule has 3 nitrogen and oxygen atoms in total. The molecule has 0 rings (SSSR count). The van der Waals surface area contributed by atoms with Crippen LogP contribution in [0.4, 0.5) is 0 Å². The molecule has 0 radical (unpaired) electrons. The Morgan fingerprint density at radius 3 is 2.44 bits per heavy atom. The van der Waals surface area contributed by atoms with Gasteiger partial charge in [0, 0.05) is 0 Å². The molecule has 0 aromatic carbocycles. The van der Waals surface area contributed by atoms with Crippen molar-refractivity contribution in [3.05, 3.63) is 0 Å². The van der Waals surface area contributed by atoms with E-state index in [4.69, 9.17) is 0 Å². The molecule has 0 fully saturated rings. The summed E-state index contributed by atoms with van der Waals surface area (Å²) in [6.45, 7) is 8.99. The first-order valence-electron chi connectivity index (χ1n) is 6.40. The van der Waals surface area contributed by atoms with Crippen molar-refractivity contribution in [1.29, 1.82) is 0 Å². The number of rotatable bonds is 9. The molecule has 0 amide bonds. The van der Waals surface area contributed by atoms with Crippen LogP contribution >= 0.6 is 0 Å². The van der Waals surface area contributed by atoms with E-state index in [1.54, 1.807) is 6.92 Å². The van der Waals surface area contributed by atoms with Gasteiger partial charge in [0.1, 0.15) is 5.54 Å². The maximum Gasteiger partial charge on any atom is 0.323 e. The third-order valence-corrected chi connectivity index (χ3v) is 2.99. The standard InChI is InChI=1S/C13H27NO2/c1-5-6-7-10-14-13(4,12(15)16)9-8-11(2)3/h11,14H,5-10H2,1-4H3,(H,15,16). The molecule has 2 N–H and O–H groups in total. The van der Waals surface area contributed by atoms with Crippen LogP contribution in [0.1, 0.15) is 59.8 Å². The van der Waals surface area contributed by atoms with Gasteiger partial charge < -0.3 is 10.4 Å². The van der Waals surface area contributed by atoms with Crippen LogP contribution in [-0.2, 0) is 4.79 Å². The van der Waals surface area contributed by atoms with Gasteiger partial charge >= 0.3 is 5.97 Å². The van der Waals surface area contributed by atoms with E-state index in [1.165, 1.54) is 0 Å². The number of nitrogens with one attached hydrogen (secondary N) is 1. The molecule has 0 saturated heterocycles. The quantitative estimate of drug-likeness (QED) is 0.597. The van der Waals surface area contributed by atoms with Gasteiger partial charge in [-0.1, -0.05) is 33.6 Å². The van der Waals surface area contributed by atoms with Crippen LogP contribution < -0.4 is 5.32 Å². The lowest BCUT2D eigenvalue weighted by molar-refractivity contribution is -0.144. The third-order valence-electron chi connectivity index (χ3n) is 2.99. The summed E-state index contributed by atoms with van der Waals surface area (Å²) in [6.07, 6.45) is 5.03.